The number of aryl methyl sites for hydroxylation is 2. The number of carbonyl (C=O) groups excluding carboxylic acids is 1. The maximum Gasteiger partial charge on any atom is 0.288 e. The molecule has 0 bridgehead atoms. The quantitative estimate of drug-likeness (QED) is 0.868. The van der Waals surface area contributed by atoms with Crippen LogP contribution in [0.15, 0.2) is 12.4 Å². The third-order valence-corrected chi connectivity index (χ3v) is 4.84. The Labute approximate surface area is 140 Å². The molecule has 3 heterocycles. The van der Waals surface area contributed by atoms with Gasteiger partial charge in [-0.1, -0.05) is 0 Å². The number of amides is 1. The van der Waals surface area contributed by atoms with E-state index in [0.29, 0.717) is 0 Å². The summed E-state index contributed by atoms with van der Waals surface area (Å²) in [5, 5.41) is 18.1. The molecule has 0 aromatic carbocycles. The zero-order chi connectivity index (χ0) is 16.4. The molecule has 2 aromatic rings. The summed E-state index contributed by atoms with van der Waals surface area (Å²) in [6, 6.07) is 2.36. The summed E-state index contributed by atoms with van der Waals surface area (Å²) in [6.07, 6.45) is 7.74. The van der Waals surface area contributed by atoms with Crippen molar-refractivity contribution in [3.63, 3.8) is 0 Å². The molecule has 2 N–H and O–H groups in total. The van der Waals surface area contributed by atoms with Crippen LogP contribution in [0.4, 0.5) is 5.82 Å². The van der Waals surface area contributed by atoms with Crippen molar-refractivity contribution in [3.8, 4) is 0 Å². The summed E-state index contributed by atoms with van der Waals surface area (Å²) in [5.74, 6) is 1.04. The van der Waals surface area contributed by atoms with E-state index in [1.165, 1.54) is 30.4 Å². The lowest BCUT2D eigenvalue weighted by molar-refractivity contribution is 0.0921. The topological polar surface area (TPSA) is 99.7 Å². The largest absolute Gasteiger partial charge is 0.355 e. The molecule has 4 rings (SSSR count). The van der Waals surface area contributed by atoms with Gasteiger partial charge in [0.25, 0.3) is 5.91 Å². The maximum absolute atomic E-state index is 12.0. The number of nitrogens with zero attached hydrogens (tertiary/aromatic N) is 5. The fourth-order valence-corrected chi connectivity index (χ4v) is 3.45. The Morgan fingerprint density at radius 3 is 2.83 bits per heavy atom. The monoisotopic (exact) mass is 327 g/mol. The molecular weight excluding hydrogens is 306 g/mol. The number of aromatic amines is 1. The third-order valence-electron chi connectivity index (χ3n) is 4.84. The van der Waals surface area contributed by atoms with Crippen molar-refractivity contribution in [1.82, 2.24) is 30.7 Å². The van der Waals surface area contributed by atoms with Gasteiger partial charge in [-0.05, 0) is 50.2 Å². The molecule has 2 aromatic heterocycles. The van der Waals surface area contributed by atoms with Gasteiger partial charge in [0.1, 0.15) is 6.33 Å². The molecule has 1 saturated heterocycles. The zero-order valence-electron chi connectivity index (χ0n) is 13.5. The van der Waals surface area contributed by atoms with Gasteiger partial charge in [-0.2, -0.15) is 10.2 Å². The highest BCUT2D eigenvalue weighted by Gasteiger charge is 2.24. The van der Waals surface area contributed by atoms with Crippen LogP contribution in [0.5, 0.6) is 0 Å². The Morgan fingerprint density at radius 2 is 2.04 bits per heavy atom. The smallest absolute Gasteiger partial charge is 0.288 e. The lowest BCUT2D eigenvalue weighted by atomic mass is 9.96. The van der Waals surface area contributed by atoms with E-state index in [-0.39, 0.29) is 17.8 Å². The number of carbonyl (C=O) groups is 1. The molecular formula is C16H21N7O. The van der Waals surface area contributed by atoms with E-state index in [1.54, 1.807) is 0 Å². The van der Waals surface area contributed by atoms with Crippen LogP contribution in [0.3, 0.4) is 0 Å². The molecule has 0 unspecified atom stereocenters. The van der Waals surface area contributed by atoms with Crippen LogP contribution < -0.4 is 10.2 Å². The highest BCUT2D eigenvalue weighted by atomic mass is 16.2. The number of hydrogen-bond acceptors (Lipinski definition) is 6. The first-order valence-corrected chi connectivity index (χ1v) is 8.56. The third kappa shape index (κ3) is 3.08. The van der Waals surface area contributed by atoms with E-state index in [4.69, 9.17) is 0 Å². The van der Waals surface area contributed by atoms with Crippen molar-refractivity contribution in [2.24, 2.45) is 0 Å². The van der Waals surface area contributed by atoms with Crippen LogP contribution in [0.25, 0.3) is 0 Å². The first kappa shape index (κ1) is 15.0. The second-order valence-corrected chi connectivity index (χ2v) is 6.45. The normalized spacial score (nSPS) is 18.2. The van der Waals surface area contributed by atoms with Crippen molar-refractivity contribution in [2.75, 3.05) is 18.0 Å². The molecule has 1 amide bonds. The van der Waals surface area contributed by atoms with E-state index in [9.17, 15) is 4.79 Å². The molecule has 1 aliphatic carbocycles. The summed E-state index contributed by atoms with van der Waals surface area (Å²) in [7, 11) is 0. The van der Waals surface area contributed by atoms with Gasteiger partial charge in [0.2, 0.25) is 5.82 Å². The number of aromatic nitrogens is 5. The number of nitrogens with one attached hydrogen (secondary N) is 2. The number of fused-ring (bicyclic) bond motifs is 1. The fraction of sp³-hybridized carbons (Fsp3) is 0.562. The highest BCUT2D eigenvalue weighted by Crippen LogP contribution is 2.24. The van der Waals surface area contributed by atoms with Crippen LogP contribution in [0.1, 0.15) is 47.6 Å². The zero-order valence-corrected chi connectivity index (χ0v) is 13.5. The van der Waals surface area contributed by atoms with Gasteiger partial charge in [-0.3, -0.25) is 9.89 Å². The predicted molar refractivity (Wildman–Crippen MR) is 87.8 cm³/mol. The van der Waals surface area contributed by atoms with E-state index in [0.717, 1.165) is 44.6 Å². The van der Waals surface area contributed by atoms with Crippen molar-refractivity contribution < 1.29 is 4.79 Å². The van der Waals surface area contributed by atoms with Crippen molar-refractivity contribution in [3.05, 3.63) is 29.5 Å². The molecule has 0 spiro atoms. The van der Waals surface area contributed by atoms with Crippen LogP contribution in [-0.4, -0.2) is 50.4 Å². The number of piperidine rings is 1. The number of anilines is 1. The number of rotatable bonds is 3. The minimum atomic E-state index is -0.195. The molecule has 126 valence electrons. The molecule has 8 heteroatoms. The average molecular weight is 327 g/mol. The number of hydrogen-bond donors (Lipinski definition) is 2. The van der Waals surface area contributed by atoms with E-state index < -0.39 is 0 Å². The van der Waals surface area contributed by atoms with Crippen LogP contribution in [-0.2, 0) is 12.8 Å². The van der Waals surface area contributed by atoms with Gasteiger partial charge in [0.15, 0.2) is 5.82 Å². The maximum atomic E-state index is 12.0. The second-order valence-electron chi connectivity index (χ2n) is 6.45. The number of H-pyrrole nitrogens is 1. The van der Waals surface area contributed by atoms with Gasteiger partial charge < -0.3 is 10.2 Å². The van der Waals surface area contributed by atoms with E-state index >= 15 is 0 Å². The molecule has 0 radical (unpaired) electrons. The van der Waals surface area contributed by atoms with Gasteiger partial charge in [-0.15, -0.1) is 5.10 Å². The first-order chi connectivity index (χ1) is 11.8. The highest BCUT2D eigenvalue weighted by molar-refractivity contribution is 5.90. The first-order valence-electron chi connectivity index (χ1n) is 8.56. The molecule has 1 fully saturated rings. The van der Waals surface area contributed by atoms with Gasteiger partial charge >= 0.3 is 0 Å². The SMILES string of the molecule is O=C(NC1CCN(c2cc3c(nn2)CCCC3)CC1)c1ncn[nH]1. The van der Waals surface area contributed by atoms with Crippen molar-refractivity contribution >= 4 is 11.7 Å². The lowest BCUT2D eigenvalue weighted by Crippen LogP contribution is -2.45. The van der Waals surface area contributed by atoms with Gasteiger partial charge in [0.05, 0.1) is 5.69 Å². The Kier molecular flexibility index (Phi) is 4.10. The van der Waals surface area contributed by atoms with Crippen LogP contribution in [0.2, 0.25) is 0 Å². The molecule has 24 heavy (non-hydrogen) atoms. The summed E-state index contributed by atoms with van der Waals surface area (Å²) in [5.41, 5.74) is 2.52. The Bertz CT molecular complexity index is 707. The van der Waals surface area contributed by atoms with Crippen molar-refractivity contribution in [1.29, 1.82) is 0 Å². The Balaban J connectivity index is 1.35. The predicted octanol–water partition coefficient (Wildman–Crippen LogP) is 0.872. The second kappa shape index (κ2) is 6.54. The molecule has 1 aliphatic heterocycles. The Morgan fingerprint density at radius 1 is 1.21 bits per heavy atom. The molecule has 8 nitrogen and oxygen atoms in total. The summed E-state index contributed by atoms with van der Waals surface area (Å²) in [4.78, 5) is 18.1. The average Bonchev–Trinajstić information content (AvgIpc) is 3.17. The molecule has 0 saturated carbocycles. The van der Waals surface area contributed by atoms with Crippen LogP contribution in [0, 0.1) is 0 Å². The van der Waals surface area contributed by atoms with Crippen LogP contribution >= 0.6 is 0 Å². The summed E-state index contributed by atoms with van der Waals surface area (Å²) >= 11 is 0. The minimum absolute atomic E-state index is 0.157. The summed E-state index contributed by atoms with van der Waals surface area (Å²) in [6.45, 7) is 1.74. The lowest BCUT2D eigenvalue weighted by Gasteiger charge is -2.33. The van der Waals surface area contributed by atoms with Gasteiger partial charge in [-0.25, -0.2) is 4.98 Å². The Hall–Kier alpha value is -2.51. The minimum Gasteiger partial charge on any atom is -0.355 e. The fourth-order valence-electron chi connectivity index (χ4n) is 3.45. The van der Waals surface area contributed by atoms with E-state index in [2.05, 4.69) is 41.7 Å². The van der Waals surface area contributed by atoms with Gasteiger partial charge in [0, 0.05) is 19.1 Å². The molecule has 2 aliphatic rings. The standard InChI is InChI=1S/C16H21N7O/c24-16(15-17-10-18-22-15)19-12-5-7-23(8-6-12)14-9-11-3-1-2-4-13(11)20-21-14/h9-10,12H,1-8H2,(H,19,24)(H,17,18,22). The molecule has 0 atom stereocenters. The van der Waals surface area contributed by atoms with Crippen molar-refractivity contribution in [2.45, 2.75) is 44.6 Å². The van der Waals surface area contributed by atoms with E-state index in [1.807, 2.05) is 0 Å². The summed E-state index contributed by atoms with van der Waals surface area (Å²) < 4.78 is 0.